The highest BCUT2D eigenvalue weighted by Crippen LogP contribution is 2.15. The molecular formula is C14H25IN4O. The van der Waals surface area contributed by atoms with Gasteiger partial charge in [0, 0.05) is 40.0 Å². The van der Waals surface area contributed by atoms with E-state index >= 15 is 0 Å². The fourth-order valence-corrected chi connectivity index (χ4v) is 1.71. The average Bonchev–Trinajstić information content (AvgIpc) is 2.37. The lowest BCUT2D eigenvalue weighted by molar-refractivity contribution is 0.302. The third-order valence-corrected chi connectivity index (χ3v) is 2.48. The topological polar surface area (TPSA) is 41.0 Å². The van der Waals surface area contributed by atoms with Gasteiger partial charge in [-0.25, -0.2) is 9.98 Å². The fourth-order valence-electron chi connectivity index (χ4n) is 1.71. The van der Waals surface area contributed by atoms with Gasteiger partial charge in [-0.1, -0.05) is 13.0 Å². The first-order valence-electron chi connectivity index (χ1n) is 6.52. The molecule has 1 aromatic heterocycles. The fraction of sp³-hybridized carbons (Fsp3) is 0.571. The maximum Gasteiger partial charge on any atom is 0.218 e. The summed E-state index contributed by atoms with van der Waals surface area (Å²) >= 11 is 0. The van der Waals surface area contributed by atoms with Gasteiger partial charge in [0.25, 0.3) is 0 Å². The van der Waals surface area contributed by atoms with E-state index in [4.69, 9.17) is 4.74 Å². The Morgan fingerprint density at radius 1 is 1.25 bits per heavy atom. The Morgan fingerprint density at radius 2 is 1.90 bits per heavy atom. The Bertz CT molecular complexity index is 411. The molecule has 0 aliphatic carbocycles. The zero-order valence-corrected chi connectivity index (χ0v) is 15.3. The van der Waals surface area contributed by atoms with Crippen molar-refractivity contribution in [1.29, 1.82) is 0 Å². The lowest BCUT2D eigenvalue weighted by Gasteiger charge is -2.22. The summed E-state index contributed by atoms with van der Waals surface area (Å²) in [6.45, 7) is 3.33. The van der Waals surface area contributed by atoms with E-state index in [-0.39, 0.29) is 24.0 Å². The molecule has 0 amide bonds. The molecule has 0 fully saturated rings. The van der Waals surface area contributed by atoms with E-state index in [9.17, 15) is 0 Å². The van der Waals surface area contributed by atoms with Crippen LogP contribution in [0.15, 0.2) is 23.3 Å². The number of nitrogens with zero attached hydrogens (tertiary/aromatic N) is 4. The number of hydrogen-bond donors (Lipinski definition) is 0. The van der Waals surface area contributed by atoms with Crippen molar-refractivity contribution in [1.82, 2.24) is 14.8 Å². The van der Waals surface area contributed by atoms with Crippen LogP contribution in [-0.2, 0) is 6.54 Å². The largest absolute Gasteiger partial charge is 0.477 e. The molecule has 0 saturated heterocycles. The second-order valence-corrected chi connectivity index (χ2v) is 4.72. The molecule has 0 atom stereocenters. The monoisotopic (exact) mass is 392 g/mol. The normalized spacial score (nSPS) is 9.45. The third-order valence-electron chi connectivity index (χ3n) is 2.48. The summed E-state index contributed by atoms with van der Waals surface area (Å²) in [6, 6.07) is 3.92. The van der Waals surface area contributed by atoms with E-state index < -0.39 is 0 Å². The molecule has 0 bridgehead atoms. The van der Waals surface area contributed by atoms with Crippen molar-refractivity contribution in [3.8, 4) is 5.88 Å². The Balaban J connectivity index is 0.00000361. The van der Waals surface area contributed by atoms with E-state index in [1.165, 1.54) is 0 Å². The summed E-state index contributed by atoms with van der Waals surface area (Å²) in [6.07, 6.45) is 2.72. The SMILES string of the molecule is CCCOc1ncccc1CN=C(N(C)C)N(C)C.I. The molecule has 0 radical (unpaired) electrons. The van der Waals surface area contributed by atoms with Crippen LogP contribution in [0.1, 0.15) is 18.9 Å². The second kappa shape index (κ2) is 9.79. The smallest absolute Gasteiger partial charge is 0.218 e. The first-order chi connectivity index (χ1) is 9.06. The molecule has 5 nitrogen and oxygen atoms in total. The van der Waals surface area contributed by atoms with Crippen molar-refractivity contribution in [2.24, 2.45) is 4.99 Å². The molecule has 0 spiro atoms. The molecule has 0 unspecified atom stereocenters. The van der Waals surface area contributed by atoms with E-state index in [2.05, 4.69) is 16.9 Å². The van der Waals surface area contributed by atoms with Gasteiger partial charge in [-0.2, -0.15) is 0 Å². The van der Waals surface area contributed by atoms with Gasteiger partial charge in [-0.05, 0) is 12.5 Å². The van der Waals surface area contributed by atoms with Crippen LogP contribution >= 0.6 is 24.0 Å². The van der Waals surface area contributed by atoms with Gasteiger partial charge in [-0.15, -0.1) is 24.0 Å². The van der Waals surface area contributed by atoms with Crippen molar-refractivity contribution >= 4 is 29.9 Å². The first-order valence-corrected chi connectivity index (χ1v) is 6.52. The molecule has 20 heavy (non-hydrogen) atoms. The van der Waals surface area contributed by atoms with Crippen LogP contribution in [0.5, 0.6) is 5.88 Å². The lowest BCUT2D eigenvalue weighted by atomic mass is 10.3. The third kappa shape index (κ3) is 5.94. The van der Waals surface area contributed by atoms with Gasteiger partial charge in [0.05, 0.1) is 13.2 Å². The number of halogens is 1. The van der Waals surface area contributed by atoms with Crippen molar-refractivity contribution in [3.63, 3.8) is 0 Å². The highest BCUT2D eigenvalue weighted by Gasteiger charge is 2.07. The van der Waals surface area contributed by atoms with E-state index in [0.717, 1.165) is 17.9 Å². The quantitative estimate of drug-likeness (QED) is 0.439. The van der Waals surface area contributed by atoms with Crippen molar-refractivity contribution in [2.45, 2.75) is 19.9 Å². The van der Waals surface area contributed by atoms with Gasteiger partial charge in [0.15, 0.2) is 5.96 Å². The molecule has 0 aromatic carbocycles. The Morgan fingerprint density at radius 3 is 2.45 bits per heavy atom. The number of ether oxygens (including phenoxy) is 1. The van der Waals surface area contributed by atoms with Gasteiger partial charge in [0.1, 0.15) is 0 Å². The van der Waals surface area contributed by atoms with Crippen LogP contribution in [0.2, 0.25) is 0 Å². The summed E-state index contributed by atoms with van der Waals surface area (Å²) in [5, 5.41) is 0. The molecule has 0 N–H and O–H groups in total. The van der Waals surface area contributed by atoms with Crippen LogP contribution in [0.25, 0.3) is 0 Å². The highest BCUT2D eigenvalue weighted by atomic mass is 127. The van der Waals surface area contributed by atoms with E-state index in [1.54, 1.807) is 6.20 Å². The minimum atomic E-state index is 0. The zero-order valence-electron chi connectivity index (χ0n) is 13.0. The predicted octanol–water partition coefficient (Wildman–Crippen LogP) is 2.47. The van der Waals surface area contributed by atoms with Crippen LogP contribution in [0, 0.1) is 0 Å². The zero-order chi connectivity index (χ0) is 14.3. The number of aliphatic imine (C=N–C) groups is 1. The molecule has 1 rings (SSSR count). The number of guanidine groups is 1. The summed E-state index contributed by atoms with van der Waals surface area (Å²) in [4.78, 5) is 12.9. The summed E-state index contributed by atoms with van der Waals surface area (Å²) in [5.74, 6) is 1.61. The van der Waals surface area contributed by atoms with Crippen LogP contribution < -0.4 is 4.74 Å². The summed E-state index contributed by atoms with van der Waals surface area (Å²) in [5.41, 5.74) is 1.01. The summed E-state index contributed by atoms with van der Waals surface area (Å²) < 4.78 is 5.63. The van der Waals surface area contributed by atoms with E-state index in [1.807, 2.05) is 50.1 Å². The minimum absolute atomic E-state index is 0. The molecule has 1 aromatic rings. The molecule has 114 valence electrons. The summed E-state index contributed by atoms with van der Waals surface area (Å²) in [7, 11) is 7.93. The predicted molar refractivity (Wildman–Crippen MR) is 94.0 cm³/mol. The van der Waals surface area contributed by atoms with Crippen LogP contribution in [0.3, 0.4) is 0 Å². The van der Waals surface area contributed by atoms with Crippen molar-refractivity contribution < 1.29 is 4.74 Å². The second-order valence-electron chi connectivity index (χ2n) is 4.72. The molecule has 0 aliphatic rings. The maximum atomic E-state index is 5.63. The van der Waals surface area contributed by atoms with Gasteiger partial charge in [0.2, 0.25) is 5.88 Å². The van der Waals surface area contributed by atoms with E-state index in [0.29, 0.717) is 19.0 Å². The lowest BCUT2D eigenvalue weighted by Crippen LogP contribution is -2.35. The molecular weight excluding hydrogens is 367 g/mol. The van der Waals surface area contributed by atoms with Crippen LogP contribution in [0.4, 0.5) is 0 Å². The first kappa shape index (κ1) is 18.9. The maximum absolute atomic E-state index is 5.63. The number of hydrogen-bond acceptors (Lipinski definition) is 3. The minimum Gasteiger partial charge on any atom is -0.477 e. The number of pyridine rings is 1. The van der Waals surface area contributed by atoms with Gasteiger partial charge < -0.3 is 14.5 Å². The highest BCUT2D eigenvalue weighted by molar-refractivity contribution is 14.0. The average molecular weight is 392 g/mol. The Hall–Kier alpha value is -1.05. The Kier molecular flexibility index (Phi) is 9.28. The molecule has 0 aliphatic heterocycles. The van der Waals surface area contributed by atoms with Gasteiger partial charge in [-0.3, -0.25) is 0 Å². The number of aromatic nitrogens is 1. The van der Waals surface area contributed by atoms with Crippen molar-refractivity contribution in [3.05, 3.63) is 23.9 Å². The standard InChI is InChI=1S/C14H24N4O.HI/c1-6-10-19-13-12(8-7-9-15-13)11-16-14(17(2)3)18(4)5;/h7-9H,6,10-11H2,1-5H3;1H. The van der Waals surface area contributed by atoms with Crippen LogP contribution in [-0.4, -0.2) is 55.5 Å². The number of rotatable bonds is 5. The van der Waals surface area contributed by atoms with Crippen molar-refractivity contribution in [2.75, 3.05) is 34.8 Å². The molecule has 6 heteroatoms. The Labute approximate surface area is 139 Å². The molecule has 0 saturated carbocycles. The van der Waals surface area contributed by atoms with Gasteiger partial charge >= 0.3 is 0 Å². The molecule has 1 heterocycles.